The summed E-state index contributed by atoms with van der Waals surface area (Å²) in [5.41, 5.74) is 0.374. The van der Waals surface area contributed by atoms with E-state index in [9.17, 15) is 19.7 Å². The van der Waals surface area contributed by atoms with Gasteiger partial charge in [0.15, 0.2) is 0 Å². The molecule has 0 radical (unpaired) electrons. The molecule has 0 spiro atoms. The van der Waals surface area contributed by atoms with Crippen LogP contribution in [0.2, 0.25) is 0 Å². The van der Waals surface area contributed by atoms with Crippen LogP contribution in [-0.4, -0.2) is 36.2 Å². The summed E-state index contributed by atoms with van der Waals surface area (Å²) in [5, 5.41) is 13.8. The molecular weight excluding hydrogens is 262 g/mol. The molecular formula is C13H15N3O4. The number of rotatable bonds is 6. The molecule has 1 aliphatic rings. The van der Waals surface area contributed by atoms with Crippen molar-refractivity contribution in [1.29, 1.82) is 0 Å². The molecule has 1 N–H and O–H groups in total. The van der Waals surface area contributed by atoms with E-state index in [0.717, 1.165) is 19.0 Å². The minimum Gasteiger partial charge on any atom is -0.315 e. The van der Waals surface area contributed by atoms with Gasteiger partial charge in [-0.05, 0) is 19.0 Å². The smallest absolute Gasteiger partial charge is 0.299 e. The molecule has 0 aromatic heterocycles. The van der Waals surface area contributed by atoms with Crippen LogP contribution in [0.15, 0.2) is 18.2 Å². The van der Waals surface area contributed by atoms with Gasteiger partial charge >= 0.3 is 0 Å². The summed E-state index contributed by atoms with van der Waals surface area (Å²) in [5.74, 6) is -1.31. The maximum atomic E-state index is 11.9. The van der Waals surface area contributed by atoms with E-state index in [1.807, 2.05) is 6.92 Å². The zero-order chi connectivity index (χ0) is 14.7. The summed E-state index contributed by atoms with van der Waals surface area (Å²) in [6.45, 7) is 3.81. The van der Waals surface area contributed by atoms with Gasteiger partial charge in [0.25, 0.3) is 17.4 Å². The fourth-order valence-corrected chi connectivity index (χ4v) is 2.12. The number of hydrogen-bond donors (Lipinski definition) is 1. The van der Waals surface area contributed by atoms with Crippen molar-refractivity contribution in [3.05, 3.63) is 33.9 Å². The van der Waals surface area contributed by atoms with Crippen LogP contribution in [0.3, 0.4) is 0 Å². The Morgan fingerprint density at radius 2 is 2.05 bits per heavy atom. The maximum absolute atomic E-state index is 11.9. The van der Waals surface area contributed by atoms with E-state index in [1.165, 1.54) is 17.0 Å². The molecule has 0 bridgehead atoms. The van der Waals surface area contributed by atoms with E-state index < -0.39 is 16.6 Å². The van der Waals surface area contributed by atoms with E-state index in [4.69, 9.17) is 0 Å². The normalized spacial score (nSPS) is 13.8. The first-order chi connectivity index (χ1) is 9.56. The molecule has 1 aliphatic heterocycles. The molecule has 2 rings (SSSR count). The second kappa shape index (κ2) is 5.79. The van der Waals surface area contributed by atoms with Crippen LogP contribution in [0.5, 0.6) is 0 Å². The Morgan fingerprint density at radius 1 is 1.30 bits per heavy atom. The monoisotopic (exact) mass is 277 g/mol. The second-order valence-corrected chi connectivity index (χ2v) is 4.49. The van der Waals surface area contributed by atoms with Crippen molar-refractivity contribution < 1.29 is 14.5 Å². The number of benzene rings is 1. The molecule has 20 heavy (non-hydrogen) atoms. The molecule has 1 amide bonds. The van der Waals surface area contributed by atoms with Crippen LogP contribution < -0.4 is 10.2 Å². The van der Waals surface area contributed by atoms with E-state index in [1.54, 1.807) is 0 Å². The van der Waals surface area contributed by atoms with Crippen molar-refractivity contribution in [3.63, 3.8) is 0 Å². The molecule has 7 heteroatoms. The molecule has 0 fully saturated rings. The lowest BCUT2D eigenvalue weighted by Crippen LogP contribution is -2.36. The molecule has 1 aromatic rings. The Labute approximate surface area is 115 Å². The molecule has 0 aliphatic carbocycles. The van der Waals surface area contributed by atoms with Crippen molar-refractivity contribution in [2.45, 2.75) is 13.3 Å². The number of nitrogens with one attached hydrogen (secondary N) is 1. The van der Waals surface area contributed by atoms with Crippen LogP contribution in [0.4, 0.5) is 11.4 Å². The van der Waals surface area contributed by atoms with Gasteiger partial charge < -0.3 is 10.2 Å². The molecule has 0 unspecified atom stereocenters. The third-order valence-electron chi connectivity index (χ3n) is 3.10. The first kappa shape index (κ1) is 14.1. The van der Waals surface area contributed by atoms with Gasteiger partial charge in [0, 0.05) is 25.2 Å². The standard InChI is InChI=1S/C13H15N3O4/c1-2-5-14-6-7-15-11-4-3-9(16(19)20)8-10(11)12(17)13(15)18/h3-4,8,14H,2,5-7H2,1H3. The Morgan fingerprint density at radius 3 is 2.70 bits per heavy atom. The van der Waals surface area contributed by atoms with Gasteiger partial charge in [0.1, 0.15) is 0 Å². The average Bonchev–Trinajstić information content (AvgIpc) is 2.67. The van der Waals surface area contributed by atoms with Crippen LogP contribution in [0.1, 0.15) is 23.7 Å². The summed E-state index contributed by atoms with van der Waals surface area (Å²) in [7, 11) is 0. The fourth-order valence-electron chi connectivity index (χ4n) is 2.12. The summed E-state index contributed by atoms with van der Waals surface area (Å²) in [6, 6.07) is 3.92. The molecule has 0 atom stereocenters. The highest BCUT2D eigenvalue weighted by Crippen LogP contribution is 2.31. The molecule has 0 saturated carbocycles. The quantitative estimate of drug-likeness (QED) is 0.364. The number of carbonyl (C=O) groups excluding carboxylic acids is 2. The third kappa shape index (κ3) is 2.53. The number of fused-ring (bicyclic) bond motifs is 1. The maximum Gasteiger partial charge on any atom is 0.299 e. The number of nitrogens with zero attached hydrogens (tertiary/aromatic N) is 2. The minimum atomic E-state index is -0.681. The van der Waals surface area contributed by atoms with Crippen LogP contribution in [0.25, 0.3) is 0 Å². The molecule has 1 heterocycles. The molecule has 0 saturated heterocycles. The van der Waals surface area contributed by atoms with Crippen molar-refractivity contribution in [2.75, 3.05) is 24.5 Å². The van der Waals surface area contributed by atoms with Crippen molar-refractivity contribution >= 4 is 23.1 Å². The lowest BCUT2D eigenvalue weighted by Gasteiger charge is -2.16. The van der Waals surface area contributed by atoms with Crippen LogP contribution in [0, 0.1) is 10.1 Å². The van der Waals surface area contributed by atoms with Gasteiger partial charge in [-0.3, -0.25) is 19.7 Å². The van der Waals surface area contributed by atoms with E-state index in [-0.39, 0.29) is 11.3 Å². The number of carbonyl (C=O) groups is 2. The van der Waals surface area contributed by atoms with Gasteiger partial charge in [-0.2, -0.15) is 0 Å². The fraction of sp³-hybridized carbons (Fsp3) is 0.385. The first-order valence-corrected chi connectivity index (χ1v) is 6.41. The van der Waals surface area contributed by atoms with Gasteiger partial charge in [-0.25, -0.2) is 0 Å². The Bertz CT molecular complexity index is 571. The number of amides is 1. The van der Waals surface area contributed by atoms with Gasteiger partial charge in [-0.15, -0.1) is 0 Å². The lowest BCUT2D eigenvalue weighted by molar-refractivity contribution is -0.384. The zero-order valence-corrected chi connectivity index (χ0v) is 11.1. The van der Waals surface area contributed by atoms with Crippen molar-refractivity contribution in [1.82, 2.24) is 5.32 Å². The highest BCUT2D eigenvalue weighted by molar-refractivity contribution is 6.52. The van der Waals surface area contributed by atoms with Crippen molar-refractivity contribution in [3.8, 4) is 0 Å². The zero-order valence-electron chi connectivity index (χ0n) is 11.1. The Hall–Kier alpha value is -2.28. The number of anilines is 1. The summed E-state index contributed by atoms with van der Waals surface area (Å²) < 4.78 is 0. The Kier molecular flexibility index (Phi) is 4.09. The summed E-state index contributed by atoms with van der Waals surface area (Å²) in [4.78, 5) is 35.2. The lowest BCUT2D eigenvalue weighted by atomic mass is 10.1. The highest BCUT2D eigenvalue weighted by Gasteiger charge is 2.36. The summed E-state index contributed by atoms with van der Waals surface area (Å²) >= 11 is 0. The van der Waals surface area contributed by atoms with Crippen molar-refractivity contribution in [2.24, 2.45) is 0 Å². The summed E-state index contributed by atoms with van der Waals surface area (Å²) in [6.07, 6.45) is 0.982. The predicted octanol–water partition coefficient (Wildman–Crippen LogP) is 1.12. The van der Waals surface area contributed by atoms with E-state index in [2.05, 4.69) is 5.32 Å². The van der Waals surface area contributed by atoms with Gasteiger partial charge in [0.2, 0.25) is 0 Å². The van der Waals surface area contributed by atoms with Crippen LogP contribution >= 0.6 is 0 Å². The highest BCUT2D eigenvalue weighted by atomic mass is 16.6. The molecule has 1 aromatic carbocycles. The number of Topliss-reactive ketones (excluding diaryl/α,β-unsaturated/α-hetero) is 1. The van der Waals surface area contributed by atoms with Crippen LogP contribution in [-0.2, 0) is 4.79 Å². The molecule has 7 nitrogen and oxygen atoms in total. The predicted molar refractivity (Wildman–Crippen MR) is 72.9 cm³/mol. The number of nitro benzene ring substituents is 1. The first-order valence-electron chi connectivity index (χ1n) is 6.41. The Balaban J connectivity index is 2.20. The number of hydrogen-bond acceptors (Lipinski definition) is 5. The minimum absolute atomic E-state index is 0.111. The number of ketones is 1. The topological polar surface area (TPSA) is 92.6 Å². The van der Waals surface area contributed by atoms with E-state index in [0.29, 0.717) is 18.8 Å². The number of nitro groups is 1. The van der Waals surface area contributed by atoms with E-state index >= 15 is 0 Å². The van der Waals surface area contributed by atoms with Gasteiger partial charge in [-0.1, -0.05) is 6.92 Å². The molecule has 106 valence electrons. The van der Waals surface area contributed by atoms with Gasteiger partial charge in [0.05, 0.1) is 16.2 Å². The number of non-ortho nitro benzene ring substituents is 1. The SMILES string of the molecule is CCCNCCN1C(=O)C(=O)c2cc([N+](=O)[O-])ccc21. The average molecular weight is 277 g/mol. The largest absolute Gasteiger partial charge is 0.315 e. The second-order valence-electron chi connectivity index (χ2n) is 4.49. The third-order valence-corrected chi connectivity index (χ3v) is 3.10.